The minimum Gasteiger partial charge on any atom is -0.441 e. The Bertz CT molecular complexity index is 913. The molecule has 1 aliphatic rings. The molecule has 27 heavy (non-hydrogen) atoms. The first-order chi connectivity index (χ1) is 12.9. The quantitative estimate of drug-likeness (QED) is 0.627. The minimum absolute atomic E-state index is 0.190. The lowest BCUT2D eigenvalue weighted by atomic mass is 10.1. The number of hydrogen-bond acceptors (Lipinski definition) is 5. The summed E-state index contributed by atoms with van der Waals surface area (Å²) in [5.74, 6) is -0.509. The number of nitrogens with zero attached hydrogens (tertiary/aromatic N) is 2. The molecule has 1 aromatic carbocycles. The Morgan fingerprint density at radius 3 is 2.37 bits per heavy atom. The summed E-state index contributed by atoms with van der Waals surface area (Å²) in [6.07, 6.45) is 1.33. The van der Waals surface area contributed by atoms with Crippen molar-refractivity contribution in [1.82, 2.24) is 5.32 Å². The second kappa shape index (κ2) is 7.67. The fraction of sp³-hybridized carbons (Fsp3) is 0.211. The Morgan fingerprint density at radius 1 is 1.07 bits per heavy atom. The molecule has 2 heterocycles. The van der Waals surface area contributed by atoms with E-state index in [2.05, 4.69) is 5.32 Å². The van der Waals surface area contributed by atoms with Crippen molar-refractivity contribution in [3.8, 4) is 0 Å². The van der Waals surface area contributed by atoms with Crippen LogP contribution in [0, 0.1) is 0 Å². The number of carbonyl (C=O) groups is 3. The lowest BCUT2D eigenvalue weighted by Gasteiger charge is -2.26. The fourth-order valence-corrected chi connectivity index (χ4v) is 2.88. The number of halogens is 1. The highest BCUT2D eigenvalue weighted by Crippen LogP contribution is 2.25. The number of benzene rings is 1. The molecule has 0 aliphatic carbocycles. The van der Waals surface area contributed by atoms with Gasteiger partial charge in [0.25, 0.3) is 11.8 Å². The summed E-state index contributed by atoms with van der Waals surface area (Å²) >= 11 is 5.85. The smallest absolute Gasteiger partial charge is 0.335 e. The van der Waals surface area contributed by atoms with Gasteiger partial charge in [0.15, 0.2) is 5.88 Å². The van der Waals surface area contributed by atoms with Crippen molar-refractivity contribution in [3.05, 3.63) is 52.8 Å². The molecule has 0 saturated carbocycles. The Labute approximate surface area is 161 Å². The first-order valence-electron chi connectivity index (χ1n) is 8.46. The first-order valence-corrected chi connectivity index (χ1v) is 8.84. The van der Waals surface area contributed by atoms with Crippen LogP contribution in [-0.2, 0) is 9.59 Å². The molecule has 8 heteroatoms. The van der Waals surface area contributed by atoms with E-state index in [0.717, 1.165) is 18.0 Å². The van der Waals surface area contributed by atoms with E-state index < -0.39 is 17.8 Å². The third-order valence-corrected chi connectivity index (χ3v) is 4.41. The van der Waals surface area contributed by atoms with Gasteiger partial charge in [0, 0.05) is 24.2 Å². The Kier molecular flexibility index (Phi) is 5.32. The molecule has 0 unspecified atom stereocenters. The van der Waals surface area contributed by atoms with E-state index >= 15 is 0 Å². The van der Waals surface area contributed by atoms with E-state index in [1.165, 1.54) is 18.2 Å². The van der Waals surface area contributed by atoms with Gasteiger partial charge < -0.3 is 9.32 Å². The maximum atomic E-state index is 12.8. The molecule has 1 aromatic heterocycles. The van der Waals surface area contributed by atoms with Crippen molar-refractivity contribution in [3.63, 3.8) is 0 Å². The summed E-state index contributed by atoms with van der Waals surface area (Å²) in [6.45, 7) is 5.52. The first kappa shape index (κ1) is 18.7. The van der Waals surface area contributed by atoms with Gasteiger partial charge >= 0.3 is 6.03 Å². The predicted molar refractivity (Wildman–Crippen MR) is 103 cm³/mol. The second-order valence-corrected chi connectivity index (χ2v) is 6.22. The van der Waals surface area contributed by atoms with Crippen molar-refractivity contribution in [1.29, 1.82) is 0 Å². The predicted octanol–water partition coefficient (Wildman–Crippen LogP) is 3.45. The average molecular weight is 388 g/mol. The Morgan fingerprint density at radius 2 is 1.74 bits per heavy atom. The molecule has 1 aliphatic heterocycles. The lowest BCUT2D eigenvalue weighted by Crippen LogP contribution is -2.54. The number of urea groups is 1. The molecule has 0 spiro atoms. The van der Waals surface area contributed by atoms with Crippen LogP contribution in [0.2, 0.25) is 5.02 Å². The van der Waals surface area contributed by atoms with Crippen LogP contribution >= 0.6 is 11.6 Å². The largest absolute Gasteiger partial charge is 0.441 e. The van der Waals surface area contributed by atoms with Crippen LogP contribution in [0.25, 0.3) is 6.08 Å². The van der Waals surface area contributed by atoms with Gasteiger partial charge in [-0.25, -0.2) is 9.69 Å². The molecule has 140 valence electrons. The molecule has 0 bridgehead atoms. The molecule has 1 fully saturated rings. The number of amides is 4. The number of carbonyl (C=O) groups excluding carboxylic acids is 3. The fourth-order valence-electron chi connectivity index (χ4n) is 2.75. The highest BCUT2D eigenvalue weighted by molar-refractivity contribution is 6.39. The number of rotatable bonds is 5. The molecule has 3 rings (SSSR count). The van der Waals surface area contributed by atoms with Gasteiger partial charge in [0.2, 0.25) is 0 Å². The number of anilines is 2. The average Bonchev–Trinajstić information content (AvgIpc) is 3.10. The van der Waals surface area contributed by atoms with E-state index in [-0.39, 0.29) is 5.57 Å². The standard InChI is InChI=1S/C19H18ClN3O4/c1-3-22(4-2)16-10-9-14(27-16)11-15-17(24)21-19(26)23(18(15)25)13-7-5-12(20)6-8-13/h5-11H,3-4H2,1-2H3,(H,21,24,26). The van der Waals surface area contributed by atoms with E-state index in [9.17, 15) is 14.4 Å². The minimum atomic E-state index is -0.812. The molecule has 2 aromatic rings. The topological polar surface area (TPSA) is 82.9 Å². The van der Waals surface area contributed by atoms with Gasteiger partial charge in [-0.2, -0.15) is 0 Å². The number of barbiturate groups is 1. The van der Waals surface area contributed by atoms with Gasteiger partial charge in [-0.05, 0) is 50.3 Å². The van der Waals surface area contributed by atoms with E-state index in [0.29, 0.717) is 22.4 Å². The Balaban J connectivity index is 1.93. The van der Waals surface area contributed by atoms with E-state index in [4.69, 9.17) is 16.0 Å². The molecular weight excluding hydrogens is 370 g/mol. The van der Waals surface area contributed by atoms with Crippen molar-refractivity contribution >= 4 is 47.1 Å². The maximum absolute atomic E-state index is 12.8. The van der Waals surface area contributed by atoms with Crippen LogP contribution in [0.4, 0.5) is 16.4 Å². The normalized spacial score (nSPS) is 16.0. The monoisotopic (exact) mass is 387 g/mol. The number of nitrogens with one attached hydrogen (secondary N) is 1. The highest BCUT2D eigenvalue weighted by atomic mass is 35.5. The molecule has 1 saturated heterocycles. The summed E-state index contributed by atoms with van der Waals surface area (Å²) in [7, 11) is 0. The molecule has 0 atom stereocenters. The van der Waals surface area contributed by atoms with E-state index in [1.54, 1.807) is 24.3 Å². The van der Waals surface area contributed by atoms with E-state index in [1.807, 2.05) is 18.7 Å². The third-order valence-electron chi connectivity index (χ3n) is 4.16. The van der Waals surface area contributed by atoms with Crippen molar-refractivity contribution in [2.75, 3.05) is 22.9 Å². The van der Waals surface area contributed by atoms with Crippen molar-refractivity contribution in [2.24, 2.45) is 0 Å². The lowest BCUT2D eigenvalue weighted by molar-refractivity contribution is -0.122. The summed E-state index contributed by atoms with van der Waals surface area (Å²) in [4.78, 5) is 40.0. The third kappa shape index (κ3) is 3.73. The van der Waals surface area contributed by atoms with Crippen LogP contribution in [0.5, 0.6) is 0 Å². The van der Waals surface area contributed by atoms with Crippen LogP contribution in [0.15, 0.2) is 46.4 Å². The maximum Gasteiger partial charge on any atom is 0.335 e. The van der Waals surface area contributed by atoms with Crippen LogP contribution in [0.3, 0.4) is 0 Å². The van der Waals surface area contributed by atoms with Crippen molar-refractivity contribution in [2.45, 2.75) is 13.8 Å². The van der Waals surface area contributed by atoms with Crippen LogP contribution in [0.1, 0.15) is 19.6 Å². The summed E-state index contributed by atoms with van der Waals surface area (Å²) in [5.41, 5.74) is 0.119. The van der Waals surface area contributed by atoms with Crippen LogP contribution in [-0.4, -0.2) is 30.9 Å². The van der Waals surface area contributed by atoms with Gasteiger partial charge in [0.1, 0.15) is 11.3 Å². The van der Waals surface area contributed by atoms with Crippen LogP contribution < -0.4 is 15.1 Å². The number of hydrogen-bond donors (Lipinski definition) is 1. The SMILES string of the molecule is CCN(CC)c1ccc(C=C2C(=O)NC(=O)N(c3ccc(Cl)cc3)C2=O)o1. The molecule has 1 N–H and O–H groups in total. The zero-order valence-electron chi connectivity index (χ0n) is 14.9. The number of imide groups is 2. The molecule has 0 radical (unpaired) electrons. The summed E-state index contributed by atoms with van der Waals surface area (Å²) < 4.78 is 5.71. The van der Waals surface area contributed by atoms with Gasteiger partial charge in [-0.3, -0.25) is 14.9 Å². The summed E-state index contributed by atoms with van der Waals surface area (Å²) in [6, 6.07) is 8.79. The zero-order chi connectivity index (χ0) is 19.6. The molecular formula is C19H18ClN3O4. The highest BCUT2D eigenvalue weighted by Gasteiger charge is 2.37. The van der Waals surface area contributed by atoms with Gasteiger partial charge in [0.05, 0.1) is 5.69 Å². The summed E-state index contributed by atoms with van der Waals surface area (Å²) in [5, 5.41) is 2.64. The van der Waals surface area contributed by atoms with Gasteiger partial charge in [-0.1, -0.05) is 11.6 Å². The second-order valence-electron chi connectivity index (χ2n) is 5.78. The number of furan rings is 1. The molecule has 7 nitrogen and oxygen atoms in total. The zero-order valence-corrected chi connectivity index (χ0v) is 15.6. The Hall–Kier alpha value is -3.06. The molecule has 4 amide bonds. The van der Waals surface area contributed by atoms with Crippen molar-refractivity contribution < 1.29 is 18.8 Å². The van der Waals surface area contributed by atoms with Gasteiger partial charge in [-0.15, -0.1) is 0 Å².